The van der Waals surface area contributed by atoms with E-state index in [9.17, 15) is 4.79 Å². The molecular formula is C14H17Cl2N5OS. The van der Waals surface area contributed by atoms with E-state index in [1.807, 2.05) is 13.8 Å². The van der Waals surface area contributed by atoms with E-state index in [-0.39, 0.29) is 11.7 Å². The summed E-state index contributed by atoms with van der Waals surface area (Å²) in [4.78, 5) is 11.7. The van der Waals surface area contributed by atoms with Crippen LogP contribution < -0.4 is 11.2 Å². The van der Waals surface area contributed by atoms with Crippen molar-refractivity contribution in [2.24, 2.45) is 5.92 Å². The molecule has 2 rings (SSSR count). The Balaban J connectivity index is 2.06. The Morgan fingerprint density at radius 3 is 2.78 bits per heavy atom. The van der Waals surface area contributed by atoms with E-state index in [2.05, 4.69) is 15.5 Å². The van der Waals surface area contributed by atoms with E-state index in [0.29, 0.717) is 39.1 Å². The molecule has 0 radical (unpaired) electrons. The Morgan fingerprint density at radius 2 is 2.13 bits per heavy atom. The molecule has 1 amide bonds. The van der Waals surface area contributed by atoms with Crippen LogP contribution in [0, 0.1) is 5.92 Å². The molecule has 0 bridgehead atoms. The highest BCUT2D eigenvalue weighted by atomic mass is 35.5. The zero-order valence-corrected chi connectivity index (χ0v) is 15.0. The SMILES string of the molecule is CC(C)CNC(=O)CSc1nnc(-c2ccc(Cl)cc2Cl)n1N. The van der Waals surface area contributed by atoms with E-state index < -0.39 is 0 Å². The van der Waals surface area contributed by atoms with Gasteiger partial charge in [-0.2, -0.15) is 0 Å². The molecule has 1 heterocycles. The normalized spacial score (nSPS) is 11.0. The molecule has 2 aromatic rings. The van der Waals surface area contributed by atoms with Gasteiger partial charge in [0.15, 0.2) is 5.82 Å². The van der Waals surface area contributed by atoms with Crippen LogP contribution in [0.1, 0.15) is 13.8 Å². The fourth-order valence-electron chi connectivity index (χ4n) is 1.73. The van der Waals surface area contributed by atoms with Crippen LogP contribution in [0.3, 0.4) is 0 Å². The van der Waals surface area contributed by atoms with Crippen LogP contribution in [0.5, 0.6) is 0 Å². The summed E-state index contributed by atoms with van der Waals surface area (Å²) in [5, 5.41) is 12.3. The van der Waals surface area contributed by atoms with Crippen LogP contribution in [0.4, 0.5) is 0 Å². The molecule has 0 spiro atoms. The van der Waals surface area contributed by atoms with Gasteiger partial charge in [-0.15, -0.1) is 10.2 Å². The molecule has 6 nitrogen and oxygen atoms in total. The Bertz CT molecular complexity index is 704. The van der Waals surface area contributed by atoms with Crippen LogP contribution in [0.2, 0.25) is 10.0 Å². The van der Waals surface area contributed by atoms with Crippen molar-refractivity contribution in [2.75, 3.05) is 18.1 Å². The maximum atomic E-state index is 11.7. The number of hydrogen-bond acceptors (Lipinski definition) is 5. The molecule has 0 aliphatic heterocycles. The smallest absolute Gasteiger partial charge is 0.230 e. The highest BCUT2D eigenvalue weighted by Gasteiger charge is 2.16. The number of carbonyl (C=O) groups is 1. The molecular weight excluding hydrogens is 357 g/mol. The number of nitrogens with zero attached hydrogens (tertiary/aromatic N) is 3. The summed E-state index contributed by atoms with van der Waals surface area (Å²) in [5.41, 5.74) is 0.627. The lowest BCUT2D eigenvalue weighted by Crippen LogP contribution is -2.29. The third kappa shape index (κ3) is 4.76. The Morgan fingerprint density at radius 1 is 1.39 bits per heavy atom. The van der Waals surface area contributed by atoms with Crippen molar-refractivity contribution < 1.29 is 4.79 Å². The second kappa shape index (κ2) is 7.90. The third-order valence-corrected chi connectivity index (χ3v) is 4.37. The summed E-state index contributed by atoms with van der Waals surface area (Å²) >= 11 is 13.2. The molecule has 3 N–H and O–H groups in total. The summed E-state index contributed by atoms with van der Waals surface area (Å²) in [7, 11) is 0. The molecule has 23 heavy (non-hydrogen) atoms. The highest BCUT2D eigenvalue weighted by Crippen LogP contribution is 2.30. The van der Waals surface area contributed by atoms with Gasteiger partial charge in [0.25, 0.3) is 0 Å². The van der Waals surface area contributed by atoms with Crippen LogP contribution >= 0.6 is 35.0 Å². The minimum atomic E-state index is -0.0715. The van der Waals surface area contributed by atoms with Gasteiger partial charge in [-0.1, -0.05) is 48.8 Å². The van der Waals surface area contributed by atoms with E-state index >= 15 is 0 Å². The first kappa shape index (κ1) is 17.9. The number of carbonyl (C=O) groups excluding carboxylic acids is 1. The van der Waals surface area contributed by atoms with E-state index in [1.54, 1.807) is 18.2 Å². The van der Waals surface area contributed by atoms with Gasteiger partial charge in [0, 0.05) is 17.1 Å². The van der Waals surface area contributed by atoms with Gasteiger partial charge in [-0.25, -0.2) is 4.68 Å². The minimum absolute atomic E-state index is 0.0715. The number of amides is 1. The molecule has 9 heteroatoms. The van der Waals surface area contributed by atoms with Gasteiger partial charge in [0.2, 0.25) is 11.1 Å². The van der Waals surface area contributed by atoms with Crippen molar-refractivity contribution in [3.8, 4) is 11.4 Å². The van der Waals surface area contributed by atoms with Crippen LogP contribution in [-0.4, -0.2) is 33.1 Å². The number of rotatable bonds is 6. The molecule has 0 fully saturated rings. The van der Waals surface area contributed by atoms with Crippen molar-refractivity contribution >= 4 is 40.9 Å². The number of thioether (sulfide) groups is 1. The quantitative estimate of drug-likeness (QED) is 0.600. The second-order valence-corrected chi connectivity index (χ2v) is 7.07. The predicted molar refractivity (Wildman–Crippen MR) is 94.2 cm³/mol. The lowest BCUT2D eigenvalue weighted by molar-refractivity contribution is -0.118. The monoisotopic (exact) mass is 373 g/mol. The molecule has 124 valence electrons. The standard InChI is InChI=1S/C14H17Cl2N5OS/c1-8(2)6-18-12(22)7-23-14-20-19-13(21(14)17)10-4-3-9(15)5-11(10)16/h3-5,8H,6-7,17H2,1-2H3,(H,18,22). The van der Waals surface area contributed by atoms with E-state index in [0.717, 1.165) is 0 Å². The van der Waals surface area contributed by atoms with Gasteiger partial charge in [0.05, 0.1) is 10.8 Å². The third-order valence-electron chi connectivity index (χ3n) is 2.88. The van der Waals surface area contributed by atoms with Gasteiger partial charge in [0.1, 0.15) is 0 Å². The van der Waals surface area contributed by atoms with Crippen molar-refractivity contribution in [2.45, 2.75) is 19.0 Å². The fourth-order valence-corrected chi connectivity index (χ4v) is 2.91. The minimum Gasteiger partial charge on any atom is -0.355 e. The van der Waals surface area contributed by atoms with Crippen molar-refractivity contribution in [1.82, 2.24) is 20.2 Å². The number of halogens is 2. The van der Waals surface area contributed by atoms with E-state index in [4.69, 9.17) is 29.0 Å². The van der Waals surface area contributed by atoms with E-state index in [1.165, 1.54) is 16.4 Å². The van der Waals surface area contributed by atoms with Gasteiger partial charge >= 0.3 is 0 Å². The molecule has 1 aromatic carbocycles. The zero-order valence-electron chi connectivity index (χ0n) is 12.7. The molecule has 0 saturated heterocycles. The molecule has 0 atom stereocenters. The second-order valence-electron chi connectivity index (χ2n) is 5.29. The lowest BCUT2D eigenvalue weighted by atomic mass is 10.2. The molecule has 0 aliphatic carbocycles. The maximum Gasteiger partial charge on any atom is 0.230 e. The van der Waals surface area contributed by atoms with Crippen LogP contribution in [-0.2, 0) is 4.79 Å². The molecule has 0 aliphatic rings. The summed E-state index contributed by atoms with van der Waals surface area (Å²) in [5.74, 6) is 6.96. The van der Waals surface area contributed by atoms with Gasteiger partial charge in [-0.05, 0) is 24.1 Å². The van der Waals surface area contributed by atoms with Gasteiger partial charge in [-0.3, -0.25) is 4.79 Å². The number of hydrogen-bond donors (Lipinski definition) is 2. The fraction of sp³-hybridized carbons (Fsp3) is 0.357. The predicted octanol–water partition coefficient (Wildman–Crippen LogP) is 2.83. The Kier molecular flexibility index (Phi) is 6.15. The zero-order chi connectivity index (χ0) is 17.0. The number of nitrogens with one attached hydrogen (secondary N) is 1. The lowest BCUT2D eigenvalue weighted by Gasteiger charge is -2.07. The molecule has 1 aromatic heterocycles. The summed E-state index contributed by atoms with van der Waals surface area (Å²) in [6.45, 7) is 4.71. The first-order valence-electron chi connectivity index (χ1n) is 6.94. The van der Waals surface area contributed by atoms with Crippen LogP contribution in [0.15, 0.2) is 23.4 Å². The summed E-state index contributed by atoms with van der Waals surface area (Å²) in [6, 6.07) is 5.03. The average Bonchev–Trinajstić information content (AvgIpc) is 2.84. The summed E-state index contributed by atoms with van der Waals surface area (Å²) in [6.07, 6.45) is 0. The largest absolute Gasteiger partial charge is 0.355 e. The highest BCUT2D eigenvalue weighted by molar-refractivity contribution is 7.99. The van der Waals surface area contributed by atoms with Gasteiger partial charge < -0.3 is 11.2 Å². The molecule has 0 unspecified atom stereocenters. The van der Waals surface area contributed by atoms with Crippen molar-refractivity contribution in [3.63, 3.8) is 0 Å². The first-order chi connectivity index (χ1) is 10.9. The Labute approximate surface area is 148 Å². The van der Waals surface area contributed by atoms with Crippen molar-refractivity contribution in [3.05, 3.63) is 28.2 Å². The molecule has 0 saturated carbocycles. The van der Waals surface area contributed by atoms with Crippen molar-refractivity contribution in [1.29, 1.82) is 0 Å². The van der Waals surface area contributed by atoms with Crippen LogP contribution in [0.25, 0.3) is 11.4 Å². The topological polar surface area (TPSA) is 85.8 Å². The summed E-state index contributed by atoms with van der Waals surface area (Å²) < 4.78 is 1.31. The average molecular weight is 374 g/mol. The maximum absolute atomic E-state index is 11.7. The number of nitrogens with two attached hydrogens (primary N) is 1. The number of benzene rings is 1. The number of nitrogen functional groups attached to an aromatic ring is 1. The first-order valence-corrected chi connectivity index (χ1v) is 8.68. The number of aromatic nitrogens is 3. The Hall–Kier alpha value is -1.44.